The van der Waals surface area contributed by atoms with Gasteiger partial charge in [-0.25, -0.2) is 0 Å². The molecule has 6 heteroatoms. The van der Waals surface area contributed by atoms with Crippen LogP contribution in [0.2, 0.25) is 0 Å². The number of rotatable bonds is 2. The lowest BCUT2D eigenvalue weighted by Gasteiger charge is -2.27. The molecule has 0 amide bonds. The largest absolute Gasteiger partial charge is 0.457 e. The molecule has 1 spiro atoms. The molecule has 0 N–H and O–H groups in total. The minimum Gasteiger partial charge on any atom is -0.457 e. The molecule has 2 aliphatic heterocycles. The average molecular weight is 511 g/mol. The van der Waals surface area contributed by atoms with Crippen molar-refractivity contribution in [2.24, 2.45) is 5.92 Å². The Morgan fingerprint density at radius 1 is 1.08 bits per heavy atom. The van der Waals surface area contributed by atoms with E-state index in [2.05, 4.69) is 31.2 Å². The van der Waals surface area contributed by atoms with Crippen LogP contribution < -0.4 is 0 Å². The van der Waals surface area contributed by atoms with Gasteiger partial charge in [0.1, 0.15) is 12.5 Å². The van der Waals surface area contributed by atoms with E-state index in [1.165, 1.54) is 0 Å². The summed E-state index contributed by atoms with van der Waals surface area (Å²) in [5.74, 6) is -0.806. The van der Waals surface area contributed by atoms with Gasteiger partial charge in [0, 0.05) is 17.0 Å². The van der Waals surface area contributed by atoms with E-state index < -0.39 is 30.4 Å². The molecule has 36 heavy (non-hydrogen) atoms. The number of cyclic esters (lactones) is 1. The number of carbonyl (C=O) groups is 2. The van der Waals surface area contributed by atoms with Crippen LogP contribution in [0.5, 0.6) is 0 Å². The van der Waals surface area contributed by atoms with E-state index in [-0.39, 0.29) is 24.7 Å². The molecule has 2 heterocycles. The SMILES string of the molecule is CC[C@@H]1OC(=O)CC(=O)[C@]2(CO[C@@H](c3c(C)cc(C)cc3C)O2)C/C(Cl)=C\[C@@H](C)Cc2cccc1c2. The number of hydrogen-bond donors (Lipinski definition) is 0. The highest BCUT2D eigenvalue weighted by atomic mass is 35.5. The van der Waals surface area contributed by atoms with Gasteiger partial charge in [-0.15, -0.1) is 0 Å². The Labute approximate surface area is 218 Å². The molecule has 4 atom stereocenters. The van der Waals surface area contributed by atoms with E-state index >= 15 is 0 Å². The summed E-state index contributed by atoms with van der Waals surface area (Å²) in [6.07, 6.45) is 1.98. The summed E-state index contributed by atoms with van der Waals surface area (Å²) in [5, 5.41) is 0.519. The van der Waals surface area contributed by atoms with E-state index in [1.807, 2.05) is 45.9 Å². The average Bonchev–Trinajstić information content (AvgIpc) is 3.20. The molecule has 1 saturated heterocycles. The first-order valence-corrected chi connectivity index (χ1v) is 13.0. The van der Waals surface area contributed by atoms with E-state index in [9.17, 15) is 9.59 Å². The normalized spacial score (nSPS) is 28.9. The lowest BCUT2D eigenvalue weighted by atomic mass is 9.90. The van der Waals surface area contributed by atoms with Crippen molar-refractivity contribution >= 4 is 23.4 Å². The van der Waals surface area contributed by atoms with Gasteiger partial charge in [0.25, 0.3) is 0 Å². The standard InChI is InChI=1S/C30H35ClO5/c1-6-25-23-9-7-8-22(14-23)12-19(3)13-24(31)16-30(26(32)15-27(33)35-25)17-34-29(36-30)28-20(4)10-18(2)11-21(28)5/h7-11,13-14,19,25,29H,6,12,15-17H2,1-5H3/b24-13+/t19-,25-,29+,30+/m0/s1. The van der Waals surface area contributed by atoms with Crippen LogP contribution in [-0.2, 0) is 30.2 Å². The second-order valence-corrected chi connectivity index (χ2v) is 10.8. The molecule has 2 bridgehead atoms. The Bertz CT molecular complexity index is 1160. The molecule has 2 aromatic rings. The zero-order chi connectivity index (χ0) is 26.0. The number of allylic oxidation sites excluding steroid dienone is 1. The van der Waals surface area contributed by atoms with Gasteiger partial charge in [-0.3, -0.25) is 9.59 Å². The first-order valence-electron chi connectivity index (χ1n) is 12.6. The number of esters is 1. The smallest absolute Gasteiger partial charge is 0.314 e. The molecule has 0 aliphatic carbocycles. The third-order valence-electron chi connectivity index (χ3n) is 7.03. The predicted octanol–water partition coefficient (Wildman–Crippen LogP) is 6.75. The van der Waals surface area contributed by atoms with Crippen LogP contribution in [0.3, 0.4) is 0 Å². The highest BCUT2D eigenvalue weighted by Crippen LogP contribution is 2.42. The van der Waals surface area contributed by atoms with Crippen molar-refractivity contribution in [1.82, 2.24) is 0 Å². The summed E-state index contributed by atoms with van der Waals surface area (Å²) >= 11 is 6.72. The molecule has 0 saturated carbocycles. The van der Waals surface area contributed by atoms with Crippen molar-refractivity contribution in [2.75, 3.05) is 6.61 Å². The van der Waals surface area contributed by atoms with Gasteiger partial charge in [-0.2, -0.15) is 0 Å². The number of ether oxygens (including phenoxy) is 3. The van der Waals surface area contributed by atoms with Gasteiger partial charge in [0.2, 0.25) is 0 Å². The van der Waals surface area contributed by atoms with Gasteiger partial charge in [-0.1, -0.05) is 73.5 Å². The zero-order valence-corrected chi connectivity index (χ0v) is 22.5. The number of halogens is 1. The maximum absolute atomic E-state index is 13.6. The Hall–Kier alpha value is -2.47. The first kappa shape index (κ1) is 26.6. The van der Waals surface area contributed by atoms with Crippen molar-refractivity contribution in [3.63, 3.8) is 0 Å². The van der Waals surface area contributed by atoms with Gasteiger partial charge >= 0.3 is 5.97 Å². The van der Waals surface area contributed by atoms with Crippen LogP contribution >= 0.6 is 11.6 Å². The topological polar surface area (TPSA) is 61.8 Å². The number of fused-ring (bicyclic) bond motifs is 2. The van der Waals surface area contributed by atoms with Crippen molar-refractivity contribution < 1.29 is 23.8 Å². The van der Waals surface area contributed by atoms with Gasteiger partial charge in [-0.05, 0) is 61.8 Å². The highest BCUT2D eigenvalue weighted by molar-refractivity contribution is 6.29. The number of aryl methyl sites for hydroxylation is 3. The summed E-state index contributed by atoms with van der Waals surface area (Å²) in [6.45, 7) is 10.1. The van der Waals surface area contributed by atoms with E-state index in [0.717, 1.165) is 39.8 Å². The van der Waals surface area contributed by atoms with Crippen LogP contribution in [0.4, 0.5) is 0 Å². The number of hydrogen-bond acceptors (Lipinski definition) is 5. The number of benzene rings is 2. The molecule has 1 fully saturated rings. The van der Waals surface area contributed by atoms with Crippen LogP contribution in [-0.4, -0.2) is 24.0 Å². The van der Waals surface area contributed by atoms with Gasteiger partial charge < -0.3 is 14.2 Å². The van der Waals surface area contributed by atoms with Gasteiger partial charge in [0.05, 0.1) is 6.61 Å². The van der Waals surface area contributed by atoms with Crippen LogP contribution in [0.1, 0.15) is 78.9 Å². The molecule has 0 unspecified atom stereocenters. The zero-order valence-electron chi connectivity index (χ0n) is 21.7. The fraction of sp³-hybridized carbons (Fsp3) is 0.467. The van der Waals surface area contributed by atoms with E-state index in [1.54, 1.807) is 0 Å². The number of Topliss-reactive ketones (excluding diaryl/α,β-unsaturated/α-hetero) is 1. The lowest BCUT2D eigenvalue weighted by molar-refractivity contribution is -0.158. The second kappa shape index (κ2) is 10.9. The Morgan fingerprint density at radius 3 is 2.50 bits per heavy atom. The van der Waals surface area contributed by atoms with Crippen molar-refractivity contribution in [3.05, 3.63) is 80.9 Å². The molecule has 2 aliphatic rings. The summed E-state index contributed by atoms with van der Waals surface area (Å²) in [7, 11) is 0. The monoisotopic (exact) mass is 510 g/mol. The molecule has 2 aromatic carbocycles. The highest BCUT2D eigenvalue weighted by Gasteiger charge is 2.49. The molecular weight excluding hydrogens is 476 g/mol. The number of carbonyl (C=O) groups excluding carboxylic acids is 2. The Morgan fingerprint density at radius 2 is 1.81 bits per heavy atom. The maximum atomic E-state index is 13.6. The van der Waals surface area contributed by atoms with Gasteiger partial charge in [0.15, 0.2) is 17.7 Å². The minimum atomic E-state index is -1.36. The first-order chi connectivity index (χ1) is 17.1. The summed E-state index contributed by atoms with van der Waals surface area (Å²) in [5.41, 5.74) is 4.83. The summed E-state index contributed by atoms with van der Waals surface area (Å²) < 4.78 is 18.2. The van der Waals surface area contributed by atoms with Crippen LogP contribution in [0.15, 0.2) is 47.5 Å². The second-order valence-electron chi connectivity index (χ2n) is 10.3. The molecule has 0 radical (unpaired) electrons. The van der Waals surface area contributed by atoms with E-state index in [4.69, 9.17) is 25.8 Å². The molecular formula is C30H35ClO5. The summed E-state index contributed by atoms with van der Waals surface area (Å²) in [4.78, 5) is 26.5. The predicted molar refractivity (Wildman–Crippen MR) is 140 cm³/mol. The fourth-order valence-electron chi connectivity index (χ4n) is 5.40. The summed E-state index contributed by atoms with van der Waals surface area (Å²) in [6, 6.07) is 12.2. The molecule has 0 aromatic heterocycles. The van der Waals surface area contributed by atoms with Crippen molar-refractivity contribution in [3.8, 4) is 0 Å². The Kier molecular flexibility index (Phi) is 8.03. The molecule has 4 rings (SSSR count). The van der Waals surface area contributed by atoms with E-state index in [0.29, 0.717) is 11.5 Å². The molecule has 192 valence electrons. The lowest BCUT2D eigenvalue weighted by Crippen LogP contribution is -2.42. The fourth-order valence-corrected chi connectivity index (χ4v) is 5.83. The minimum absolute atomic E-state index is 0.0191. The quantitative estimate of drug-likeness (QED) is 0.330. The van der Waals surface area contributed by atoms with Crippen LogP contribution in [0.25, 0.3) is 0 Å². The molecule has 5 nitrogen and oxygen atoms in total. The Balaban J connectivity index is 1.68. The third-order valence-corrected chi connectivity index (χ3v) is 7.29. The van der Waals surface area contributed by atoms with Crippen LogP contribution in [0, 0.1) is 26.7 Å². The number of ketones is 1. The third kappa shape index (κ3) is 5.74. The maximum Gasteiger partial charge on any atom is 0.314 e. The van der Waals surface area contributed by atoms with Crippen molar-refractivity contribution in [1.29, 1.82) is 0 Å². The van der Waals surface area contributed by atoms with Crippen molar-refractivity contribution in [2.45, 2.75) is 78.3 Å².